The lowest BCUT2D eigenvalue weighted by Crippen LogP contribution is -2.40. The Morgan fingerprint density at radius 1 is 1.38 bits per heavy atom. The smallest absolute Gasteiger partial charge is 0.192 e. The molecule has 3 heteroatoms. The van der Waals surface area contributed by atoms with Gasteiger partial charge in [0.05, 0.1) is 12.7 Å². The molecule has 1 heterocycles. The molecule has 0 unspecified atom stereocenters. The predicted molar refractivity (Wildman–Crippen MR) is 62.9 cm³/mol. The standard InChI is InChI=1S/C13H19NO2/c1-13(11-5-3-2-4-6-11)15-10-8-12(16-13)7-9-14/h2-6,12H,7-10,14H2,1H3/t12-,13-/m0/s1. The van der Waals surface area contributed by atoms with Crippen molar-refractivity contribution in [1.29, 1.82) is 0 Å². The number of hydrogen-bond donors (Lipinski definition) is 1. The Hall–Kier alpha value is -0.900. The fourth-order valence-electron chi connectivity index (χ4n) is 2.08. The van der Waals surface area contributed by atoms with Crippen molar-refractivity contribution in [3.8, 4) is 0 Å². The van der Waals surface area contributed by atoms with Gasteiger partial charge in [-0.2, -0.15) is 0 Å². The van der Waals surface area contributed by atoms with E-state index in [9.17, 15) is 0 Å². The van der Waals surface area contributed by atoms with Crippen molar-refractivity contribution in [2.24, 2.45) is 5.73 Å². The van der Waals surface area contributed by atoms with Crippen LogP contribution in [-0.2, 0) is 15.3 Å². The van der Waals surface area contributed by atoms with Gasteiger partial charge in [-0.15, -0.1) is 0 Å². The number of ether oxygens (including phenoxy) is 2. The van der Waals surface area contributed by atoms with Gasteiger partial charge in [0.15, 0.2) is 5.79 Å². The van der Waals surface area contributed by atoms with Gasteiger partial charge < -0.3 is 15.2 Å². The molecule has 2 atom stereocenters. The van der Waals surface area contributed by atoms with Crippen LogP contribution in [0.25, 0.3) is 0 Å². The van der Waals surface area contributed by atoms with Gasteiger partial charge in [-0.3, -0.25) is 0 Å². The van der Waals surface area contributed by atoms with Crippen molar-refractivity contribution in [2.45, 2.75) is 31.7 Å². The average Bonchev–Trinajstić information content (AvgIpc) is 2.31. The Balaban J connectivity index is 2.12. The fraction of sp³-hybridized carbons (Fsp3) is 0.538. The molecule has 16 heavy (non-hydrogen) atoms. The van der Waals surface area contributed by atoms with Crippen molar-refractivity contribution < 1.29 is 9.47 Å². The molecule has 0 bridgehead atoms. The van der Waals surface area contributed by atoms with Crippen molar-refractivity contribution in [1.82, 2.24) is 0 Å². The van der Waals surface area contributed by atoms with Gasteiger partial charge in [0.25, 0.3) is 0 Å². The zero-order chi connectivity index (χ0) is 11.4. The van der Waals surface area contributed by atoms with Crippen LogP contribution in [0.1, 0.15) is 25.3 Å². The van der Waals surface area contributed by atoms with Crippen LogP contribution in [0.4, 0.5) is 0 Å². The molecule has 0 radical (unpaired) electrons. The van der Waals surface area contributed by atoms with Crippen LogP contribution < -0.4 is 5.73 Å². The van der Waals surface area contributed by atoms with E-state index >= 15 is 0 Å². The lowest BCUT2D eigenvalue weighted by Gasteiger charge is -2.39. The molecule has 1 fully saturated rings. The van der Waals surface area contributed by atoms with Crippen LogP contribution in [0, 0.1) is 0 Å². The molecule has 1 aromatic carbocycles. The molecule has 0 aliphatic carbocycles. The lowest BCUT2D eigenvalue weighted by molar-refractivity contribution is -0.293. The zero-order valence-electron chi connectivity index (χ0n) is 9.69. The number of nitrogens with two attached hydrogens (primary N) is 1. The molecule has 0 aromatic heterocycles. The van der Waals surface area contributed by atoms with Gasteiger partial charge >= 0.3 is 0 Å². The number of benzene rings is 1. The largest absolute Gasteiger partial charge is 0.346 e. The van der Waals surface area contributed by atoms with E-state index in [1.54, 1.807) is 0 Å². The first-order valence-electron chi connectivity index (χ1n) is 5.82. The van der Waals surface area contributed by atoms with Gasteiger partial charge in [0.1, 0.15) is 0 Å². The van der Waals surface area contributed by atoms with Crippen LogP contribution in [0.3, 0.4) is 0 Å². The van der Waals surface area contributed by atoms with Crippen LogP contribution in [0.15, 0.2) is 30.3 Å². The molecule has 3 nitrogen and oxygen atoms in total. The first-order valence-corrected chi connectivity index (χ1v) is 5.82. The van der Waals surface area contributed by atoms with Crippen LogP contribution in [0.5, 0.6) is 0 Å². The Bertz CT molecular complexity index is 326. The maximum atomic E-state index is 6.00. The maximum absolute atomic E-state index is 6.00. The molecule has 2 N–H and O–H groups in total. The van der Waals surface area contributed by atoms with E-state index in [4.69, 9.17) is 15.2 Å². The summed E-state index contributed by atoms with van der Waals surface area (Å²) in [5.41, 5.74) is 6.63. The Kier molecular flexibility index (Phi) is 3.59. The van der Waals surface area contributed by atoms with E-state index in [-0.39, 0.29) is 6.10 Å². The molecule has 1 aliphatic heterocycles. The summed E-state index contributed by atoms with van der Waals surface area (Å²) in [7, 11) is 0. The maximum Gasteiger partial charge on any atom is 0.192 e. The average molecular weight is 221 g/mol. The first kappa shape index (κ1) is 11.6. The minimum Gasteiger partial charge on any atom is -0.346 e. The third kappa shape index (κ3) is 2.43. The molecule has 0 saturated carbocycles. The van der Waals surface area contributed by atoms with Gasteiger partial charge in [-0.25, -0.2) is 0 Å². The second-order valence-electron chi connectivity index (χ2n) is 4.27. The normalized spacial score (nSPS) is 30.2. The summed E-state index contributed by atoms with van der Waals surface area (Å²) < 4.78 is 11.8. The number of rotatable bonds is 3. The summed E-state index contributed by atoms with van der Waals surface area (Å²) in [4.78, 5) is 0. The van der Waals surface area contributed by atoms with E-state index < -0.39 is 5.79 Å². The van der Waals surface area contributed by atoms with Crippen molar-refractivity contribution in [2.75, 3.05) is 13.2 Å². The molecule has 2 rings (SSSR count). The molecule has 0 spiro atoms. The molecule has 1 saturated heterocycles. The predicted octanol–water partition coefficient (Wildman–Crippen LogP) is 2.01. The summed E-state index contributed by atoms with van der Waals surface area (Å²) in [6.45, 7) is 3.37. The minimum atomic E-state index is -0.612. The summed E-state index contributed by atoms with van der Waals surface area (Å²) in [5.74, 6) is -0.612. The topological polar surface area (TPSA) is 44.5 Å². The quantitative estimate of drug-likeness (QED) is 0.849. The highest BCUT2D eigenvalue weighted by Crippen LogP contribution is 2.33. The summed E-state index contributed by atoms with van der Waals surface area (Å²) in [6, 6.07) is 10.1. The summed E-state index contributed by atoms with van der Waals surface area (Å²) >= 11 is 0. The second-order valence-corrected chi connectivity index (χ2v) is 4.27. The second kappa shape index (κ2) is 4.95. The van der Waals surface area contributed by atoms with E-state index in [0.29, 0.717) is 6.54 Å². The van der Waals surface area contributed by atoms with Gasteiger partial charge in [-0.1, -0.05) is 30.3 Å². The molecule has 88 valence electrons. The Labute approximate surface area is 96.5 Å². The molecule has 1 aliphatic rings. The third-order valence-electron chi connectivity index (χ3n) is 3.00. The van der Waals surface area contributed by atoms with E-state index in [0.717, 1.165) is 25.0 Å². The van der Waals surface area contributed by atoms with Gasteiger partial charge in [0, 0.05) is 5.56 Å². The minimum absolute atomic E-state index is 0.212. The SMILES string of the molecule is C[C@]1(c2ccccc2)OCC[C@H](CCN)O1. The van der Waals surface area contributed by atoms with Crippen molar-refractivity contribution in [3.05, 3.63) is 35.9 Å². The van der Waals surface area contributed by atoms with Crippen LogP contribution in [-0.4, -0.2) is 19.3 Å². The lowest BCUT2D eigenvalue weighted by atomic mass is 10.0. The molecular formula is C13H19NO2. The fourth-order valence-corrected chi connectivity index (χ4v) is 2.08. The van der Waals surface area contributed by atoms with Gasteiger partial charge in [0.2, 0.25) is 0 Å². The zero-order valence-corrected chi connectivity index (χ0v) is 9.69. The van der Waals surface area contributed by atoms with Crippen LogP contribution >= 0.6 is 0 Å². The Morgan fingerprint density at radius 3 is 2.81 bits per heavy atom. The highest BCUT2D eigenvalue weighted by Gasteiger charge is 2.35. The summed E-state index contributed by atoms with van der Waals surface area (Å²) in [5, 5.41) is 0. The Morgan fingerprint density at radius 2 is 2.12 bits per heavy atom. The summed E-state index contributed by atoms with van der Waals surface area (Å²) in [6.07, 6.45) is 2.04. The molecule has 1 aromatic rings. The highest BCUT2D eigenvalue weighted by molar-refractivity contribution is 5.19. The van der Waals surface area contributed by atoms with E-state index in [2.05, 4.69) is 0 Å². The monoisotopic (exact) mass is 221 g/mol. The number of hydrogen-bond acceptors (Lipinski definition) is 3. The van der Waals surface area contributed by atoms with Crippen molar-refractivity contribution >= 4 is 0 Å². The van der Waals surface area contributed by atoms with E-state index in [1.165, 1.54) is 0 Å². The van der Waals surface area contributed by atoms with Gasteiger partial charge in [-0.05, 0) is 26.3 Å². The first-order chi connectivity index (χ1) is 7.74. The van der Waals surface area contributed by atoms with E-state index in [1.807, 2.05) is 37.3 Å². The molecular weight excluding hydrogens is 202 g/mol. The van der Waals surface area contributed by atoms with Crippen molar-refractivity contribution in [3.63, 3.8) is 0 Å². The highest BCUT2D eigenvalue weighted by atomic mass is 16.7. The van der Waals surface area contributed by atoms with Crippen LogP contribution in [0.2, 0.25) is 0 Å². The molecule has 0 amide bonds. The third-order valence-corrected chi connectivity index (χ3v) is 3.00.